The van der Waals surface area contributed by atoms with Gasteiger partial charge in [-0.3, -0.25) is 9.69 Å². The Labute approximate surface area is 141 Å². The van der Waals surface area contributed by atoms with Gasteiger partial charge >= 0.3 is 0 Å². The Morgan fingerprint density at radius 2 is 1.91 bits per heavy atom. The van der Waals surface area contributed by atoms with Crippen LogP contribution < -0.4 is 10.6 Å². The predicted octanol–water partition coefficient (Wildman–Crippen LogP) is 2.39. The monoisotopic (exact) mass is 321 g/mol. The van der Waals surface area contributed by atoms with Gasteiger partial charge in [-0.25, -0.2) is 0 Å². The van der Waals surface area contributed by atoms with Crippen LogP contribution in [0.15, 0.2) is 0 Å². The van der Waals surface area contributed by atoms with Crippen LogP contribution in [-0.2, 0) is 4.79 Å². The Bertz CT molecular complexity index is 450. The van der Waals surface area contributed by atoms with E-state index < -0.39 is 0 Å². The van der Waals surface area contributed by atoms with Crippen molar-refractivity contribution in [3.63, 3.8) is 0 Å². The van der Waals surface area contributed by atoms with E-state index in [4.69, 9.17) is 0 Å². The minimum Gasteiger partial charge on any atom is -0.349 e. The number of nitrogens with zero attached hydrogens (tertiary/aromatic N) is 1. The zero-order chi connectivity index (χ0) is 16.7. The summed E-state index contributed by atoms with van der Waals surface area (Å²) in [5.41, 5.74) is 0.188. The molecule has 3 aliphatic rings. The van der Waals surface area contributed by atoms with Crippen LogP contribution in [0.4, 0.5) is 0 Å². The number of nitrogens with one attached hydrogen (secondary N) is 2. The van der Waals surface area contributed by atoms with Gasteiger partial charge in [-0.05, 0) is 69.4 Å². The molecule has 4 nitrogen and oxygen atoms in total. The fourth-order valence-electron chi connectivity index (χ4n) is 5.60. The van der Waals surface area contributed by atoms with Gasteiger partial charge in [0.25, 0.3) is 0 Å². The van der Waals surface area contributed by atoms with Crippen LogP contribution in [0.3, 0.4) is 0 Å². The van der Waals surface area contributed by atoms with E-state index in [1.165, 1.54) is 38.6 Å². The normalized spacial score (nSPS) is 39.0. The van der Waals surface area contributed by atoms with E-state index in [2.05, 4.69) is 43.2 Å². The third-order valence-corrected chi connectivity index (χ3v) is 7.58. The lowest BCUT2D eigenvalue weighted by Gasteiger charge is -2.48. The maximum atomic E-state index is 12.5. The number of fused-ring (bicyclic) bond motifs is 2. The number of carbonyl (C=O) groups is 1. The van der Waals surface area contributed by atoms with E-state index in [0.717, 1.165) is 19.0 Å². The quantitative estimate of drug-likeness (QED) is 0.789. The van der Waals surface area contributed by atoms with Crippen molar-refractivity contribution in [2.45, 2.75) is 71.4 Å². The highest BCUT2D eigenvalue weighted by molar-refractivity contribution is 5.79. The summed E-state index contributed by atoms with van der Waals surface area (Å²) >= 11 is 0. The van der Waals surface area contributed by atoms with Gasteiger partial charge in [-0.2, -0.15) is 0 Å². The van der Waals surface area contributed by atoms with Crippen LogP contribution in [0, 0.1) is 17.3 Å². The van der Waals surface area contributed by atoms with Crippen molar-refractivity contribution in [2.24, 2.45) is 17.3 Å². The first kappa shape index (κ1) is 17.2. The van der Waals surface area contributed by atoms with Gasteiger partial charge in [0.05, 0.1) is 6.54 Å². The van der Waals surface area contributed by atoms with E-state index in [9.17, 15) is 4.79 Å². The average Bonchev–Trinajstić information content (AvgIpc) is 3.18. The first-order valence-electron chi connectivity index (χ1n) is 9.64. The Balaban J connectivity index is 1.48. The first-order valence-corrected chi connectivity index (χ1v) is 9.64. The van der Waals surface area contributed by atoms with Gasteiger partial charge in [-0.1, -0.05) is 20.8 Å². The highest BCUT2D eigenvalue weighted by atomic mass is 16.2. The highest BCUT2D eigenvalue weighted by Gasteiger charge is 2.60. The Kier molecular flexibility index (Phi) is 4.76. The van der Waals surface area contributed by atoms with E-state index >= 15 is 0 Å². The van der Waals surface area contributed by atoms with Crippen molar-refractivity contribution >= 4 is 5.91 Å². The molecule has 3 fully saturated rings. The van der Waals surface area contributed by atoms with Crippen molar-refractivity contribution in [3.05, 3.63) is 0 Å². The lowest BCUT2D eigenvalue weighted by atomic mass is 9.64. The zero-order valence-electron chi connectivity index (χ0n) is 15.5. The van der Waals surface area contributed by atoms with Crippen molar-refractivity contribution in [1.29, 1.82) is 0 Å². The van der Waals surface area contributed by atoms with Crippen molar-refractivity contribution in [2.75, 3.05) is 26.2 Å². The number of rotatable bonds is 6. The van der Waals surface area contributed by atoms with Crippen LogP contribution in [0.1, 0.15) is 59.8 Å². The molecule has 0 radical (unpaired) electrons. The fourth-order valence-corrected chi connectivity index (χ4v) is 5.60. The van der Waals surface area contributed by atoms with Crippen molar-refractivity contribution in [1.82, 2.24) is 15.5 Å². The number of hydrogen-bond donors (Lipinski definition) is 2. The van der Waals surface area contributed by atoms with Crippen LogP contribution in [0.2, 0.25) is 0 Å². The largest absolute Gasteiger partial charge is 0.349 e. The maximum Gasteiger partial charge on any atom is 0.234 e. The third kappa shape index (κ3) is 2.93. The summed E-state index contributed by atoms with van der Waals surface area (Å²) in [7, 11) is 0. The van der Waals surface area contributed by atoms with Gasteiger partial charge in [0.2, 0.25) is 5.91 Å². The summed E-state index contributed by atoms with van der Waals surface area (Å²) in [5.74, 6) is 1.62. The molecular formula is C19H35N3O. The number of likely N-dealkylation sites (N-methyl/N-ethyl adjacent to an activating group) is 1. The van der Waals surface area contributed by atoms with E-state index in [1.807, 2.05) is 0 Å². The lowest BCUT2D eigenvalue weighted by molar-refractivity contribution is -0.124. The molecule has 0 aromatic carbocycles. The molecule has 0 unspecified atom stereocenters. The van der Waals surface area contributed by atoms with E-state index in [-0.39, 0.29) is 16.9 Å². The highest BCUT2D eigenvalue weighted by Crippen LogP contribution is 2.61. The SMILES string of the molecule is CCN1CCC[C@@H]1CNCC(=O)N[C@]1(C)[C@H]2CC[C@H](C2)C1(C)C. The summed E-state index contributed by atoms with van der Waals surface area (Å²) in [6.45, 7) is 12.9. The maximum absolute atomic E-state index is 12.5. The van der Waals surface area contributed by atoms with E-state index in [0.29, 0.717) is 18.5 Å². The molecular weight excluding hydrogens is 286 g/mol. The second-order valence-corrected chi connectivity index (χ2v) is 8.73. The van der Waals surface area contributed by atoms with Crippen LogP contribution in [0.5, 0.6) is 0 Å². The summed E-state index contributed by atoms with van der Waals surface area (Å²) < 4.78 is 0. The molecule has 2 aliphatic carbocycles. The van der Waals surface area contributed by atoms with Crippen LogP contribution >= 0.6 is 0 Å². The molecule has 1 heterocycles. The molecule has 2 saturated carbocycles. The topological polar surface area (TPSA) is 44.4 Å². The number of hydrogen-bond acceptors (Lipinski definition) is 3. The molecule has 3 rings (SSSR count). The molecule has 4 heteroatoms. The Hall–Kier alpha value is -0.610. The zero-order valence-corrected chi connectivity index (χ0v) is 15.5. The minimum absolute atomic E-state index is 0.0303. The molecule has 1 amide bonds. The molecule has 1 saturated heterocycles. The predicted molar refractivity (Wildman–Crippen MR) is 94.3 cm³/mol. The molecule has 0 aromatic rings. The van der Waals surface area contributed by atoms with Gasteiger partial charge < -0.3 is 10.6 Å². The number of likely N-dealkylation sites (tertiary alicyclic amines) is 1. The Morgan fingerprint density at radius 1 is 1.17 bits per heavy atom. The second kappa shape index (κ2) is 6.36. The second-order valence-electron chi connectivity index (χ2n) is 8.73. The standard InChI is InChI=1S/C19H35N3O/c1-5-22-10-6-7-16(22)12-20-13-17(23)21-19(4)15-9-8-14(11-15)18(19,2)3/h14-16,20H,5-13H2,1-4H3,(H,21,23)/t14-,15+,16-,19-/m1/s1. The Morgan fingerprint density at radius 3 is 2.57 bits per heavy atom. The molecule has 4 atom stereocenters. The molecule has 132 valence electrons. The van der Waals surface area contributed by atoms with Gasteiger partial charge in [-0.15, -0.1) is 0 Å². The summed E-state index contributed by atoms with van der Waals surface area (Å²) in [4.78, 5) is 15.0. The van der Waals surface area contributed by atoms with Gasteiger partial charge in [0, 0.05) is 18.1 Å². The number of carbonyl (C=O) groups excluding carboxylic acids is 1. The summed E-state index contributed by atoms with van der Waals surface area (Å²) in [5, 5.41) is 6.81. The lowest BCUT2D eigenvalue weighted by Crippen LogP contribution is -2.60. The third-order valence-electron chi connectivity index (χ3n) is 7.58. The summed E-state index contributed by atoms with van der Waals surface area (Å²) in [6.07, 6.45) is 6.48. The van der Waals surface area contributed by atoms with Gasteiger partial charge in [0.15, 0.2) is 0 Å². The molecule has 0 aromatic heterocycles. The smallest absolute Gasteiger partial charge is 0.234 e. The first-order chi connectivity index (χ1) is 10.9. The number of amides is 1. The van der Waals surface area contributed by atoms with Crippen molar-refractivity contribution in [3.8, 4) is 0 Å². The van der Waals surface area contributed by atoms with Crippen molar-refractivity contribution < 1.29 is 4.79 Å². The fraction of sp³-hybridized carbons (Fsp3) is 0.947. The average molecular weight is 322 g/mol. The van der Waals surface area contributed by atoms with Crippen LogP contribution in [-0.4, -0.2) is 48.6 Å². The van der Waals surface area contributed by atoms with E-state index in [1.54, 1.807) is 0 Å². The summed E-state index contributed by atoms with van der Waals surface area (Å²) in [6, 6.07) is 0.613. The molecule has 0 spiro atoms. The molecule has 23 heavy (non-hydrogen) atoms. The molecule has 1 aliphatic heterocycles. The minimum atomic E-state index is -0.0303. The molecule has 2 bridgehead atoms. The molecule has 2 N–H and O–H groups in total. The van der Waals surface area contributed by atoms with Gasteiger partial charge in [0.1, 0.15) is 0 Å². The van der Waals surface area contributed by atoms with Crippen LogP contribution in [0.25, 0.3) is 0 Å².